The second kappa shape index (κ2) is 5.11. The zero-order chi connectivity index (χ0) is 14.9. The van der Waals surface area contributed by atoms with E-state index in [1.807, 2.05) is 55.6 Å². The lowest BCUT2D eigenvalue weighted by Gasteiger charge is -2.05. The fourth-order valence-corrected chi connectivity index (χ4v) is 2.69. The molecule has 0 saturated heterocycles. The van der Waals surface area contributed by atoms with Gasteiger partial charge in [-0.3, -0.25) is 4.40 Å². The molecule has 0 aliphatic rings. The van der Waals surface area contributed by atoms with E-state index in [0.717, 1.165) is 34.0 Å². The largest absolute Gasteiger partial charge is 0.283 e. The maximum absolute atomic E-state index is 4.77. The van der Waals surface area contributed by atoms with Crippen molar-refractivity contribution >= 4 is 5.78 Å². The van der Waals surface area contributed by atoms with Crippen molar-refractivity contribution in [1.29, 1.82) is 0 Å². The number of fused-ring (bicyclic) bond motifs is 1. The molecule has 0 atom stereocenters. The number of aromatic nitrogens is 3. The summed E-state index contributed by atoms with van der Waals surface area (Å²) in [5.41, 5.74) is 5.25. The van der Waals surface area contributed by atoms with Gasteiger partial charge in [-0.25, -0.2) is 9.97 Å². The van der Waals surface area contributed by atoms with Crippen LogP contribution in [-0.2, 0) is 0 Å². The van der Waals surface area contributed by atoms with E-state index in [1.165, 1.54) is 0 Å². The van der Waals surface area contributed by atoms with Gasteiger partial charge in [-0.15, -0.1) is 0 Å². The van der Waals surface area contributed by atoms with Crippen LogP contribution in [0.25, 0.3) is 28.3 Å². The zero-order valence-corrected chi connectivity index (χ0v) is 12.3. The highest BCUT2D eigenvalue weighted by atomic mass is 15.1. The van der Waals surface area contributed by atoms with E-state index in [2.05, 4.69) is 33.7 Å². The van der Waals surface area contributed by atoms with E-state index in [0.29, 0.717) is 0 Å². The van der Waals surface area contributed by atoms with Crippen LogP contribution in [0.3, 0.4) is 0 Å². The van der Waals surface area contributed by atoms with Crippen LogP contribution in [0.4, 0.5) is 0 Å². The van der Waals surface area contributed by atoms with Gasteiger partial charge in [0, 0.05) is 23.0 Å². The smallest absolute Gasteiger partial charge is 0.235 e. The Morgan fingerprint density at radius 1 is 0.727 bits per heavy atom. The molecular formula is C19H15N3. The molecule has 0 aliphatic carbocycles. The van der Waals surface area contributed by atoms with Crippen molar-refractivity contribution in [2.24, 2.45) is 0 Å². The van der Waals surface area contributed by atoms with Gasteiger partial charge in [-0.2, -0.15) is 0 Å². The van der Waals surface area contributed by atoms with E-state index >= 15 is 0 Å². The van der Waals surface area contributed by atoms with Crippen LogP contribution in [0, 0.1) is 6.92 Å². The highest BCUT2D eigenvalue weighted by molar-refractivity contribution is 5.81. The molecule has 0 unspecified atom stereocenters. The Balaban J connectivity index is 2.07. The Hall–Kier alpha value is -2.94. The molecule has 0 bridgehead atoms. The third-order valence-corrected chi connectivity index (χ3v) is 3.73. The summed E-state index contributed by atoms with van der Waals surface area (Å²) in [5, 5.41) is 0. The topological polar surface area (TPSA) is 30.2 Å². The standard InChI is InChI=1S/C19H15N3/c1-14-12-13-22-18(16-10-6-3-7-11-16)17(21-19(22)20-14)15-8-4-2-5-9-15/h2-13H,1H3. The molecule has 0 saturated carbocycles. The second-order valence-electron chi connectivity index (χ2n) is 5.28. The molecule has 3 heteroatoms. The van der Waals surface area contributed by atoms with Crippen LogP contribution in [-0.4, -0.2) is 14.4 Å². The van der Waals surface area contributed by atoms with Gasteiger partial charge in [0.15, 0.2) is 0 Å². The lowest BCUT2D eigenvalue weighted by molar-refractivity contribution is 1.07. The van der Waals surface area contributed by atoms with Crippen LogP contribution in [0.5, 0.6) is 0 Å². The minimum atomic E-state index is 0.734. The molecule has 106 valence electrons. The molecule has 0 spiro atoms. The van der Waals surface area contributed by atoms with E-state index in [-0.39, 0.29) is 0 Å². The average Bonchev–Trinajstić information content (AvgIpc) is 2.95. The van der Waals surface area contributed by atoms with Crippen LogP contribution in [0.2, 0.25) is 0 Å². The Morgan fingerprint density at radius 3 is 2.05 bits per heavy atom. The number of aryl methyl sites for hydroxylation is 1. The molecule has 0 radical (unpaired) electrons. The summed E-state index contributed by atoms with van der Waals surface area (Å²) in [6, 6.07) is 22.6. The molecule has 4 aromatic rings. The molecule has 0 aliphatic heterocycles. The number of nitrogens with zero attached hydrogens (tertiary/aromatic N) is 3. The summed E-state index contributed by atoms with van der Waals surface area (Å²) in [6.45, 7) is 1.99. The Labute approximate surface area is 128 Å². The lowest BCUT2D eigenvalue weighted by Crippen LogP contribution is -1.92. The van der Waals surface area contributed by atoms with Gasteiger partial charge in [0.25, 0.3) is 0 Å². The average molecular weight is 285 g/mol. The fraction of sp³-hybridized carbons (Fsp3) is 0.0526. The van der Waals surface area contributed by atoms with Gasteiger partial charge in [0.1, 0.15) is 0 Å². The number of hydrogen-bond donors (Lipinski definition) is 0. The molecule has 4 rings (SSSR count). The van der Waals surface area contributed by atoms with Gasteiger partial charge >= 0.3 is 0 Å². The minimum absolute atomic E-state index is 0.734. The third kappa shape index (κ3) is 2.07. The first-order chi connectivity index (χ1) is 10.8. The van der Waals surface area contributed by atoms with Gasteiger partial charge in [0.2, 0.25) is 5.78 Å². The molecule has 0 amide bonds. The first-order valence-corrected chi connectivity index (χ1v) is 7.29. The zero-order valence-electron chi connectivity index (χ0n) is 12.3. The maximum Gasteiger partial charge on any atom is 0.235 e. The maximum atomic E-state index is 4.77. The molecule has 2 aromatic heterocycles. The molecule has 22 heavy (non-hydrogen) atoms. The van der Waals surface area contributed by atoms with Crippen molar-refractivity contribution in [3.63, 3.8) is 0 Å². The third-order valence-electron chi connectivity index (χ3n) is 3.73. The van der Waals surface area contributed by atoms with Crippen LogP contribution in [0.1, 0.15) is 5.69 Å². The van der Waals surface area contributed by atoms with E-state index in [1.54, 1.807) is 0 Å². The van der Waals surface area contributed by atoms with Crippen molar-refractivity contribution in [2.75, 3.05) is 0 Å². The normalized spacial score (nSPS) is 11.0. The molecule has 3 nitrogen and oxygen atoms in total. The lowest BCUT2D eigenvalue weighted by atomic mass is 10.1. The predicted octanol–water partition coefficient (Wildman–Crippen LogP) is 4.37. The summed E-state index contributed by atoms with van der Waals surface area (Å²) < 4.78 is 2.06. The molecule has 0 N–H and O–H groups in total. The minimum Gasteiger partial charge on any atom is -0.283 e. The summed E-state index contributed by atoms with van der Waals surface area (Å²) in [4.78, 5) is 9.33. The summed E-state index contributed by atoms with van der Waals surface area (Å²) in [5.74, 6) is 0.734. The van der Waals surface area contributed by atoms with Gasteiger partial charge in [-0.1, -0.05) is 60.7 Å². The fourth-order valence-electron chi connectivity index (χ4n) is 2.69. The monoisotopic (exact) mass is 285 g/mol. The number of benzene rings is 2. The van der Waals surface area contributed by atoms with Crippen LogP contribution < -0.4 is 0 Å². The Morgan fingerprint density at radius 2 is 1.36 bits per heavy atom. The van der Waals surface area contributed by atoms with E-state index in [9.17, 15) is 0 Å². The predicted molar refractivity (Wildman–Crippen MR) is 88.6 cm³/mol. The first-order valence-electron chi connectivity index (χ1n) is 7.29. The Kier molecular flexibility index (Phi) is 2.97. The summed E-state index contributed by atoms with van der Waals surface area (Å²) >= 11 is 0. The van der Waals surface area contributed by atoms with Crippen molar-refractivity contribution < 1.29 is 0 Å². The van der Waals surface area contributed by atoms with E-state index in [4.69, 9.17) is 4.98 Å². The Bertz CT molecular complexity index is 925. The first kappa shape index (κ1) is 12.8. The highest BCUT2D eigenvalue weighted by Gasteiger charge is 2.16. The quantitative estimate of drug-likeness (QED) is 0.547. The molecule has 0 fully saturated rings. The number of hydrogen-bond acceptors (Lipinski definition) is 2. The molecular weight excluding hydrogens is 270 g/mol. The number of imidazole rings is 1. The molecule has 2 heterocycles. The van der Waals surface area contributed by atoms with Gasteiger partial charge in [-0.05, 0) is 13.0 Å². The second-order valence-corrected chi connectivity index (χ2v) is 5.28. The number of rotatable bonds is 2. The van der Waals surface area contributed by atoms with Crippen LogP contribution in [0.15, 0.2) is 72.9 Å². The van der Waals surface area contributed by atoms with Crippen LogP contribution >= 0.6 is 0 Å². The van der Waals surface area contributed by atoms with Crippen molar-refractivity contribution in [2.45, 2.75) is 6.92 Å². The van der Waals surface area contributed by atoms with Gasteiger partial charge in [0.05, 0.1) is 11.4 Å². The SMILES string of the molecule is Cc1ccn2c(-c3ccccc3)c(-c3ccccc3)nc2n1. The highest BCUT2D eigenvalue weighted by Crippen LogP contribution is 2.32. The van der Waals surface area contributed by atoms with E-state index < -0.39 is 0 Å². The molecule has 2 aromatic carbocycles. The van der Waals surface area contributed by atoms with Crippen molar-refractivity contribution in [3.8, 4) is 22.5 Å². The summed E-state index contributed by atoms with van der Waals surface area (Å²) in [6.07, 6.45) is 2.04. The van der Waals surface area contributed by atoms with Gasteiger partial charge < -0.3 is 0 Å². The van der Waals surface area contributed by atoms with Crippen molar-refractivity contribution in [1.82, 2.24) is 14.4 Å². The summed E-state index contributed by atoms with van der Waals surface area (Å²) in [7, 11) is 0. The van der Waals surface area contributed by atoms with Crippen molar-refractivity contribution in [3.05, 3.63) is 78.6 Å².